The number of rotatable bonds is 0. The fraction of sp³-hybridized carbons (Fsp3) is 0. The van der Waals surface area contributed by atoms with E-state index in [2.05, 4.69) is 15.7 Å². The van der Waals surface area contributed by atoms with Gasteiger partial charge in [-0.3, -0.25) is 0 Å². The van der Waals surface area contributed by atoms with Gasteiger partial charge in [0.25, 0.3) is 0 Å². The molecule has 0 radical (unpaired) electrons. The Kier molecular flexibility index (Phi) is 4.49. The average molecular weight is 174 g/mol. The number of nitrogens with one attached hydrogen (secondary N) is 1. The van der Waals surface area contributed by atoms with Crippen molar-refractivity contribution < 1.29 is 23.3 Å². The van der Waals surface area contributed by atoms with Crippen LogP contribution < -0.4 is 4.06 Å². The maximum absolute atomic E-state index is 9.99. The summed E-state index contributed by atoms with van der Waals surface area (Å²) in [6, 6.07) is 0. The van der Waals surface area contributed by atoms with E-state index in [-0.39, 0.29) is 5.24 Å². The Morgan fingerprint density at radius 3 is 2.50 bits per heavy atom. The van der Waals surface area contributed by atoms with Crippen LogP contribution in [0.4, 0.5) is 4.79 Å². The second-order valence-corrected chi connectivity index (χ2v) is 2.40. The summed E-state index contributed by atoms with van der Waals surface area (Å²) in [6.45, 7) is 0. The van der Waals surface area contributed by atoms with Crippen molar-refractivity contribution in [2.24, 2.45) is 0 Å². The predicted molar refractivity (Wildman–Crippen MR) is 25.1 cm³/mol. The molecule has 31 valence electrons. The minimum atomic E-state index is -0.0710. The standard InChI is InChI=1S/CH3NOS2.Zn/c2-1(3)5-4;/h(H3,2,3,4);/q;+1/p-1. The molecular weight excluding hydrogens is 172 g/mol. The van der Waals surface area contributed by atoms with E-state index in [0.717, 1.165) is 29.3 Å². The Morgan fingerprint density at radius 1 is 2.00 bits per heavy atom. The molecule has 0 heterocycles. The first-order valence-corrected chi connectivity index (χ1v) is 4.55. The van der Waals surface area contributed by atoms with E-state index >= 15 is 0 Å². The number of carbonyl (C=O) groups is 1. The Labute approximate surface area is 55.2 Å². The van der Waals surface area contributed by atoms with Crippen molar-refractivity contribution in [3.8, 4) is 0 Å². The predicted octanol–water partition coefficient (Wildman–Crippen LogP) is 0.736. The molecule has 0 saturated heterocycles. The van der Waals surface area contributed by atoms with Crippen molar-refractivity contribution in [3.63, 3.8) is 0 Å². The minimum absolute atomic E-state index is 0.0710. The van der Waals surface area contributed by atoms with E-state index in [1.807, 2.05) is 0 Å². The van der Waals surface area contributed by atoms with Crippen molar-refractivity contribution >= 4 is 27.7 Å². The fourth-order valence-electron chi connectivity index (χ4n) is 0.0323. The van der Waals surface area contributed by atoms with Crippen LogP contribution in [0.25, 0.3) is 0 Å². The zero-order valence-corrected chi connectivity index (χ0v) is 7.65. The number of thiol groups is 1. The molecule has 0 aromatic heterocycles. The van der Waals surface area contributed by atoms with Crippen LogP contribution in [0.15, 0.2) is 0 Å². The van der Waals surface area contributed by atoms with E-state index in [1.54, 1.807) is 0 Å². The van der Waals surface area contributed by atoms with Gasteiger partial charge in [0.15, 0.2) is 0 Å². The SMILES string of the molecule is O=C([NH][Zn])SS. The van der Waals surface area contributed by atoms with E-state index in [1.165, 1.54) is 0 Å². The third-order valence-electron chi connectivity index (χ3n) is 0.227. The van der Waals surface area contributed by atoms with Gasteiger partial charge in [-0.1, -0.05) is 0 Å². The number of amides is 1. The van der Waals surface area contributed by atoms with Crippen molar-refractivity contribution in [3.05, 3.63) is 0 Å². The van der Waals surface area contributed by atoms with Crippen LogP contribution in [0.2, 0.25) is 0 Å². The van der Waals surface area contributed by atoms with Crippen molar-refractivity contribution in [2.75, 3.05) is 0 Å². The molecule has 0 aliphatic carbocycles. The molecule has 0 saturated carbocycles. The molecular formula is CH2NOS2Zn. The normalized spacial score (nSPS) is 7.83. The summed E-state index contributed by atoms with van der Waals surface area (Å²) < 4.78 is 2.49. The molecule has 0 aliphatic rings. The summed E-state index contributed by atoms with van der Waals surface area (Å²) >= 11 is 4.42. The van der Waals surface area contributed by atoms with Crippen LogP contribution >= 0.6 is 22.5 Å². The molecule has 5 heteroatoms. The van der Waals surface area contributed by atoms with Gasteiger partial charge in [0, 0.05) is 0 Å². The molecule has 6 heavy (non-hydrogen) atoms. The molecule has 0 unspecified atom stereocenters. The third-order valence-corrected chi connectivity index (χ3v) is 2.25. The Balaban J connectivity index is 2.99. The summed E-state index contributed by atoms with van der Waals surface area (Å²) in [5.74, 6) is 0. The third kappa shape index (κ3) is 3.00. The van der Waals surface area contributed by atoms with Gasteiger partial charge in [0.2, 0.25) is 0 Å². The van der Waals surface area contributed by atoms with Gasteiger partial charge in [-0.2, -0.15) is 0 Å². The van der Waals surface area contributed by atoms with Gasteiger partial charge in [0.1, 0.15) is 0 Å². The number of carbonyl (C=O) groups excluding carboxylic acids is 1. The Morgan fingerprint density at radius 2 is 2.50 bits per heavy atom. The van der Waals surface area contributed by atoms with Crippen LogP contribution in [0.5, 0.6) is 0 Å². The molecule has 1 N–H and O–H groups in total. The van der Waals surface area contributed by atoms with Crippen LogP contribution in [-0.2, 0) is 18.5 Å². The molecule has 2 nitrogen and oxygen atoms in total. The molecule has 0 aromatic carbocycles. The van der Waals surface area contributed by atoms with E-state index in [9.17, 15) is 4.79 Å². The molecule has 1 amide bonds. The summed E-state index contributed by atoms with van der Waals surface area (Å²) in [6.07, 6.45) is 0. The van der Waals surface area contributed by atoms with Crippen LogP contribution in [0.1, 0.15) is 0 Å². The summed E-state index contributed by atoms with van der Waals surface area (Å²) in [5, 5.41) is -0.0710. The molecule has 0 spiro atoms. The van der Waals surface area contributed by atoms with Crippen LogP contribution in [0, 0.1) is 0 Å². The van der Waals surface area contributed by atoms with Crippen LogP contribution in [-0.4, -0.2) is 5.24 Å². The molecule has 0 fully saturated rings. The van der Waals surface area contributed by atoms with Gasteiger partial charge >= 0.3 is 55.1 Å². The quantitative estimate of drug-likeness (QED) is 0.321. The zero-order chi connectivity index (χ0) is 4.99. The molecule has 0 bridgehead atoms. The van der Waals surface area contributed by atoms with Crippen molar-refractivity contribution in [1.82, 2.24) is 4.06 Å². The summed E-state index contributed by atoms with van der Waals surface area (Å²) in [5.41, 5.74) is 0. The molecule has 0 aliphatic heterocycles. The van der Waals surface area contributed by atoms with E-state index < -0.39 is 0 Å². The average Bonchev–Trinajstić information content (AvgIpc) is 1.65. The molecule has 0 aromatic rings. The first kappa shape index (κ1) is 6.79. The van der Waals surface area contributed by atoms with Gasteiger partial charge in [-0.05, 0) is 0 Å². The second-order valence-electron chi connectivity index (χ2n) is 0.556. The molecule has 0 atom stereocenters. The Hall–Kier alpha value is 0.793. The first-order valence-electron chi connectivity index (χ1n) is 1.19. The zero-order valence-electron chi connectivity index (χ0n) is 2.97. The molecule has 0 rings (SSSR count). The Bertz CT molecular complexity index is 51.5. The van der Waals surface area contributed by atoms with Crippen LogP contribution in [0.3, 0.4) is 0 Å². The topological polar surface area (TPSA) is 29.1 Å². The van der Waals surface area contributed by atoms with Gasteiger partial charge in [-0.15, -0.1) is 0 Å². The fourth-order valence-corrected chi connectivity index (χ4v) is 1.51. The summed E-state index contributed by atoms with van der Waals surface area (Å²) in [7, 11) is 0.900. The van der Waals surface area contributed by atoms with Gasteiger partial charge in [0.05, 0.1) is 0 Å². The summed E-state index contributed by atoms with van der Waals surface area (Å²) in [4.78, 5) is 9.99. The monoisotopic (exact) mass is 172 g/mol. The number of hydrogen-bond acceptors (Lipinski definition) is 3. The van der Waals surface area contributed by atoms with Gasteiger partial charge < -0.3 is 0 Å². The van der Waals surface area contributed by atoms with E-state index in [4.69, 9.17) is 0 Å². The first-order chi connectivity index (χ1) is 2.81. The van der Waals surface area contributed by atoms with Crippen molar-refractivity contribution in [2.45, 2.75) is 0 Å². The second kappa shape index (κ2) is 3.97. The maximum atomic E-state index is 9.99. The van der Waals surface area contributed by atoms with Crippen molar-refractivity contribution in [1.29, 1.82) is 0 Å². The van der Waals surface area contributed by atoms with E-state index in [0.29, 0.717) is 0 Å². The van der Waals surface area contributed by atoms with Gasteiger partial charge in [-0.25, -0.2) is 0 Å². The number of hydrogen-bond donors (Lipinski definition) is 2.